The van der Waals surface area contributed by atoms with Gasteiger partial charge in [-0.3, -0.25) is 4.99 Å². The molecule has 0 fully saturated rings. The number of aliphatic imine (C=N–C) groups is 1. The summed E-state index contributed by atoms with van der Waals surface area (Å²) in [6.07, 6.45) is 1.70. The second-order valence-electron chi connectivity index (χ2n) is 4.19. The van der Waals surface area contributed by atoms with Gasteiger partial charge in [-0.2, -0.15) is 0 Å². The molecule has 2 aromatic rings. The standard InChI is InChI=1S/C15H13Br2NO/c1-10(11-5-3-2-4-6-11)18-9-12-7-13(16)8-14(17)15(12)19/h2-10,19H,1H3. The van der Waals surface area contributed by atoms with Crippen molar-refractivity contribution in [3.63, 3.8) is 0 Å². The fourth-order valence-corrected chi connectivity index (χ4v) is 2.95. The van der Waals surface area contributed by atoms with Crippen molar-refractivity contribution in [2.24, 2.45) is 4.99 Å². The Morgan fingerprint density at radius 1 is 1.16 bits per heavy atom. The summed E-state index contributed by atoms with van der Waals surface area (Å²) in [5.74, 6) is 0.201. The fourth-order valence-electron chi connectivity index (χ4n) is 1.69. The highest BCUT2D eigenvalue weighted by Crippen LogP contribution is 2.31. The van der Waals surface area contributed by atoms with E-state index in [0.29, 0.717) is 10.0 Å². The lowest BCUT2D eigenvalue weighted by molar-refractivity contribution is 0.471. The highest BCUT2D eigenvalue weighted by atomic mass is 79.9. The van der Waals surface area contributed by atoms with Crippen LogP contribution in [0.4, 0.5) is 0 Å². The van der Waals surface area contributed by atoms with E-state index < -0.39 is 0 Å². The zero-order valence-electron chi connectivity index (χ0n) is 10.3. The summed E-state index contributed by atoms with van der Waals surface area (Å²) < 4.78 is 1.54. The van der Waals surface area contributed by atoms with Crippen molar-refractivity contribution in [2.75, 3.05) is 0 Å². The molecule has 0 aliphatic heterocycles. The van der Waals surface area contributed by atoms with Crippen molar-refractivity contribution >= 4 is 38.1 Å². The molecule has 0 spiro atoms. The zero-order valence-corrected chi connectivity index (χ0v) is 13.5. The van der Waals surface area contributed by atoms with E-state index in [1.54, 1.807) is 12.3 Å². The Morgan fingerprint density at radius 2 is 1.84 bits per heavy atom. The topological polar surface area (TPSA) is 32.6 Å². The average Bonchev–Trinajstić information content (AvgIpc) is 2.41. The third-order valence-corrected chi connectivity index (χ3v) is 3.84. The van der Waals surface area contributed by atoms with E-state index in [1.807, 2.05) is 43.3 Å². The summed E-state index contributed by atoms with van der Waals surface area (Å²) in [7, 11) is 0. The molecule has 98 valence electrons. The molecule has 0 aliphatic carbocycles. The van der Waals surface area contributed by atoms with Crippen LogP contribution in [-0.4, -0.2) is 11.3 Å². The molecule has 0 saturated carbocycles. The van der Waals surface area contributed by atoms with Gasteiger partial charge in [0.2, 0.25) is 0 Å². The predicted octanol–water partition coefficient (Wildman–Crippen LogP) is 5.10. The predicted molar refractivity (Wildman–Crippen MR) is 86.0 cm³/mol. The number of aromatic hydroxyl groups is 1. The van der Waals surface area contributed by atoms with Gasteiger partial charge >= 0.3 is 0 Å². The summed E-state index contributed by atoms with van der Waals surface area (Å²) in [5.41, 5.74) is 1.83. The molecule has 2 rings (SSSR count). The minimum absolute atomic E-state index is 0.0540. The minimum Gasteiger partial charge on any atom is -0.506 e. The smallest absolute Gasteiger partial charge is 0.138 e. The highest BCUT2D eigenvalue weighted by molar-refractivity contribution is 9.11. The van der Waals surface area contributed by atoms with Gasteiger partial charge in [-0.25, -0.2) is 0 Å². The lowest BCUT2D eigenvalue weighted by Gasteiger charge is -2.07. The lowest BCUT2D eigenvalue weighted by atomic mass is 10.1. The van der Waals surface area contributed by atoms with Crippen LogP contribution in [0.15, 0.2) is 56.4 Å². The normalized spacial score (nSPS) is 12.8. The number of nitrogens with zero attached hydrogens (tertiary/aromatic N) is 1. The molecule has 0 heterocycles. The molecule has 0 aliphatic rings. The monoisotopic (exact) mass is 381 g/mol. The third-order valence-electron chi connectivity index (χ3n) is 2.78. The molecule has 1 N–H and O–H groups in total. The SMILES string of the molecule is CC(N=Cc1cc(Br)cc(Br)c1O)c1ccccc1. The van der Waals surface area contributed by atoms with Crippen molar-refractivity contribution in [3.8, 4) is 5.75 Å². The van der Waals surface area contributed by atoms with Crippen LogP contribution in [0.25, 0.3) is 0 Å². The highest BCUT2D eigenvalue weighted by Gasteiger charge is 2.06. The van der Waals surface area contributed by atoms with Crippen LogP contribution in [0.5, 0.6) is 5.75 Å². The molecule has 2 aromatic carbocycles. The Kier molecular flexibility index (Phi) is 4.77. The van der Waals surface area contributed by atoms with Crippen molar-refractivity contribution < 1.29 is 5.11 Å². The first-order valence-corrected chi connectivity index (χ1v) is 7.42. The summed E-state index contributed by atoms with van der Waals surface area (Å²) in [6, 6.07) is 13.7. The second-order valence-corrected chi connectivity index (χ2v) is 5.96. The zero-order chi connectivity index (χ0) is 13.8. The maximum atomic E-state index is 9.95. The van der Waals surface area contributed by atoms with Crippen LogP contribution in [-0.2, 0) is 0 Å². The van der Waals surface area contributed by atoms with Gasteiger partial charge in [0.05, 0.1) is 10.5 Å². The number of hydrogen-bond acceptors (Lipinski definition) is 2. The summed E-state index contributed by atoms with van der Waals surface area (Å²) >= 11 is 6.70. The van der Waals surface area contributed by atoms with Crippen LogP contribution in [0, 0.1) is 0 Å². The van der Waals surface area contributed by atoms with Gasteiger partial charge in [-0.15, -0.1) is 0 Å². The van der Waals surface area contributed by atoms with E-state index in [-0.39, 0.29) is 11.8 Å². The molecule has 0 radical (unpaired) electrons. The van der Waals surface area contributed by atoms with Gasteiger partial charge in [-0.05, 0) is 40.5 Å². The van der Waals surface area contributed by atoms with Gasteiger partial charge in [0.15, 0.2) is 0 Å². The lowest BCUT2D eigenvalue weighted by Crippen LogP contribution is -1.91. The minimum atomic E-state index is 0.0540. The van der Waals surface area contributed by atoms with Gasteiger partial charge in [0, 0.05) is 16.3 Å². The maximum Gasteiger partial charge on any atom is 0.138 e. The molecule has 0 bridgehead atoms. The molecule has 0 saturated heterocycles. The Labute approximate surface area is 129 Å². The van der Waals surface area contributed by atoms with E-state index in [9.17, 15) is 5.11 Å². The summed E-state index contributed by atoms with van der Waals surface area (Å²) in [6.45, 7) is 2.02. The molecule has 1 atom stereocenters. The van der Waals surface area contributed by atoms with Crippen molar-refractivity contribution in [1.29, 1.82) is 0 Å². The van der Waals surface area contributed by atoms with Crippen molar-refractivity contribution in [1.82, 2.24) is 0 Å². The molecular formula is C15H13Br2NO. The molecule has 19 heavy (non-hydrogen) atoms. The Morgan fingerprint density at radius 3 is 2.53 bits per heavy atom. The van der Waals surface area contributed by atoms with Crippen LogP contribution < -0.4 is 0 Å². The molecular weight excluding hydrogens is 370 g/mol. The Hall–Kier alpha value is -1.13. The number of halogens is 2. The van der Waals surface area contributed by atoms with Crippen LogP contribution >= 0.6 is 31.9 Å². The van der Waals surface area contributed by atoms with Crippen molar-refractivity contribution in [3.05, 3.63) is 62.5 Å². The first-order valence-electron chi connectivity index (χ1n) is 5.84. The first kappa shape index (κ1) is 14.3. The van der Waals surface area contributed by atoms with E-state index in [1.165, 1.54) is 0 Å². The van der Waals surface area contributed by atoms with Crippen LogP contribution in [0.2, 0.25) is 0 Å². The van der Waals surface area contributed by atoms with E-state index in [4.69, 9.17) is 0 Å². The van der Waals surface area contributed by atoms with Gasteiger partial charge in [0.25, 0.3) is 0 Å². The third kappa shape index (κ3) is 3.67. The Balaban J connectivity index is 2.24. The van der Waals surface area contributed by atoms with E-state index in [2.05, 4.69) is 36.9 Å². The number of hydrogen-bond donors (Lipinski definition) is 1. The maximum absolute atomic E-state index is 9.95. The largest absolute Gasteiger partial charge is 0.506 e. The quantitative estimate of drug-likeness (QED) is 0.736. The number of benzene rings is 2. The van der Waals surface area contributed by atoms with E-state index >= 15 is 0 Å². The van der Waals surface area contributed by atoms with Gasteiger partial charge in [-0.1, -0.05) is 46.3 Å². The second kappa shape index (κ2) is 6.35. The molecule has 4 heteroatoms. The average molecular weight is 383 g/mol. The number of rotatable bonds is 3. The van der Waals surface area contributed by atoms with E-state index in [0.717, 1.165) is 10.0 Å². The van der Waals surface area contributed by atoms with Crippen LogP contribution in [0.3, 0.4) is 0 Å². The molecule has 0 aromatic heterocycles. The molecule has 0 amide bonds. The fraction of sp³-hybridized carbons (Fsp3) is 0.133. The number of phenols is 1. The first-order chi connectivity index (χ1) is 9.08. The summed E-state index contributed by atoms with van der Waals surface area (Å²) in [5, 5.41) is 9.95. The van der Waals surface area contributed by atoms with Crippen molar-refractivity contribution in [2.45, 2.75) is 13.0 Å². The van der Waals surface area contributed by atoms with Crippen LogP contribution in [0.1, 0.15) is 24.1 Å². The molecule has 1 unspecified atom stereocenters. The van der Waals surface area contributed by atoms with Gasteiger partial charge < -0.3 is 5.11 Å². The summed E-state index contributed by atoms with van der Waals surface area (Å²) in [4.78, 5) is 4.48. The number of phenolic OH excluding ortho intramolecular Hbond substituents is 1. The Bertz CT molecular complexity index is 597. The molecule has 2 nitrogen and oxygen atoms in total. The van der Waals surface area contributed by atoms with Gasteiger partial charge in [0.1, 0.15) is 5.75 Å².